The van der Waals surface area contributed by atoms with Crippen LogP contribution in [0.15, 0.2) is 48.7 Å². The predicted octanol–water partition coefficient (Wildman–Crippen LogP) is 2.61. The maximum Gasteiger partial charge on any atom is 0.272 e. The fraction of sp³-hybridized carbons (Fsp3) is 0.300. The average molecular weight is 370 g/mol. The lowest BCUT2D eigenvalue weighted by molar-refractivity contribution is 0.0630. The minimum Gasteiger partial charge on any atom is -0.335 e. The smallest absolute Gasteiger partial charge is 0.272 e. The fourth-order valence-electron chi connectivity index (χ4n) is 3.45. The van der Waals surface area contributed by atoms with Crippen LogP contribution in [-0.2, 0) is 6.42 Å². The summed E-state index contributed by atoms with van der Waals surface area (Å²) in [5.41, 5.74) is 1.96. The quantitative estimate of drug-likeness (QED) is 0.709. The molecule has 0 bridgehead atoms. The molecule has 140 valence electrons. The second kappa shape index (κ2) is 7.44. The van der Waals surface area contributed by atoms with Crippen LogP contribution in [0.2, 0.25) is 0 Å². The number of hydrogen-bond acceptors (Lipinski definition) is 3. The van der Waals surface area contributed by atoms with E-state index >= 15 is 0 Å². The van der Waals surface area contributed by atoms with E-state index in [1.54, 1.807) is 16.8 Å². The third kappa shape index (κ3) is 3.68. The van der Waals surface area contributed by atoms with Crippen molar-refractivity contribution < 1.29 is 13.6 Å². The van der Waals surface area contributed by atoms with Crippen LogP contribution in [0.25, 0.3) is 5.52 Å². The number of pyridine rings is 1. The molecule has 4 rings (SSSR count). The van der Waals surface area contributed by atoms with Gasteiger partial charge in [0.05, 0.1) is 11.7 Å². The van der Waals surface area contributed by atoms with Gasteiger partial charge >= 0.3 is 0 Å². The van der Waals surface area contributed by atoms with Gasteiger partial charge in [-0.1, -0.05) is 12.1 Å². The Bertz CT molecular complexity index is 964. The van der Waals surface area contributed by atoms with E-state index in [1.807, 2.05) is 23.1 Å². The van der Waals surface area contributed by atoms with Gasteiger partial charge in [0.2, 0.25) is 0 Å². The van der Waals surface area contributed by atoms with Crippen molar-refractivity contribution in [3.63, 3.8) is 0 Å². The third-order valence-corrected chi connectivity index (χ3v) is 5.01. The van der Waals surface area contributed by atoms with Crippen LogP contribution >= 0.6 is 0 Å². The molecule has 1 amide bonds. The molecular weight excluding hydrogens is 350 g/mol. The maximum absolute atomic E-state index is 13.7. The molecular formula is C20H20F2N4O. The van der Waals surface area contributed by atoms with Gasteiger partial charge in [-0.15, -0.1) is 0 Å². The Labute approximate surface area is 155 Å². The lowest BCUT2D eigenvalue weighted by atomic mass is 10.1. The number of benzene rings is 1. The maximum atomic E-state index is 13.7. The number of amides is 1. The fourth-order valence-corrected chi connectivity index (χ4v) is 3.45. The van der Waals surface area contributed by atoms with Crippen molar-refractivity contribution in [2.75, 3.05) is 32.7 Å². The average Bonchev–Trinajstić information content (AvgIpc) is 3.16. The van der Waals surface area contributed by atoms with Gasteiger partial charge in [-0.05, 0) is 36.2 Å². The molecule has 0 unspecified atom stereocenters. The SMILES string of the molecule is O=C(c1cccc2ccnn12)N1CCN(CCc2ccc(F)cc2F)CC1. The summed E-state index contributed by atoms with van der Waals surface area (Å²) in [6.45, 7) is 3.36. The number of carbonyl (C=O) groups is 1. The minimum atomic E-state index is -0.560. The highest BCUT2D eigenvalue weighted by atomic mass is 19.1. The van der Waals surface area contributed by atoms with E-state index in [1.165, 1.54) is 12.1 Å². The van der Waals surface area contributed by atoms with Crippen LogP contribution in [0.3, 0.4) is 0 Å². The minimum absolute atomic E-state index is 0.0338. The Kier molecular flexibility index (Phi) is 4.85. The topological polar surface area (TPSA) is 40.9 Å². The number of halogens is 2. The number of fused-ring (bicyclic) bond motifs is 1. The zero-order valence-electron chi connectivity index (χ0n) is 14.8. The highest BCUT2D eigenvalue weighted by molar-refractivity contribution is 5.93. The molecule has 1 aliphatic heterocycles. The Hall–Kier alpha value is -2.80. The first-order valence-electron chi connectivity index (χ1n) is 9.00. The van der Waals surface area contributed by atoms with E-state index < -0.39 is 11.6 Å². The van der Waals surface area contributed by atoms with Crippen molar-refractivity contribution >= 4 is 11.4 Å². The monoisotopic (exact) mass is 370 g/mol. The Morgan fingerprint density at radius 3 is 2.63 bits per heavy atom. The largest absolute Gasteiger partial charge is 0.335 e. The number of nitrogens with zero attached hydrogens (tertiary/aromatic N) is 4. The van der Waals surface area contributed by atoms with Gasteiger partial charge in [0, 0.05) is 38.8 Å². The number of carbonyl (C=O) groups excluding carboxylic acids is 1. The van der Waals surface area contributed by atoms with Crippen LogP contribution in [-0.4, -0.2) is 58.0 Å². The van der Waals surface area contributed by atoms with Crippen LogP contribution < -0.4 is 0 Å². The first-order chi connectivity index (χ1) is 13.1. The predicted molar refractivity (Wildman–Crippen MR) is 97.6 cm³/mol. The van der Waals surface area contributed by atoms with Crippen molar-refractivity contribution in [2.45, 2.75) is 6.42 Å². The van der Waals surface area contributed by atoms with E-state index in [4.69, 9.17) is 0 Å². The second-order valence-corrected chi connectivity index (χ2v) is 6.70. The zero-order valence-corrected chi connectivity index (χ0v) is 14.8. The first kappa shape index (κ1) is 17.6. The molecule has 1 saturated heterocycles. The summed E-state index contributed by atoms with van der Waals surface area (Å²) in [6, 6.07) is 11.1. The Morgan fingerprint density at radius 2 is 1.85 bits per heavy atom. The molecule has 0 saturated carbocycles. The van der Waals surface area contributed by atoms with E-state index in [2.05, 4.69) is 10.00 Å². The summed E-state index contributed by atoms with van der Waals surface area (Å²) in [6.07, 6.45) is 2.20. The summed E-state index contributed by atoms with van der Waals surface area (Å²) in [4.78, 5) is 16.9. The lowest BCUT2D eigenvalue weighted by Gasteiger charge is -2.34. The molecule has 0 N–H and O–H groups in total. The highest BCUT2D eigenvalue weighted by Crippen LogP contribution is 2.14. The summed E-state index contributed by atoms with van der Waals surface area (Å²) < 4.78 is 28.4. The van der Waals surface area contributed by atoms with E-state index in [-0.39, 0.29) is 5.91 Å². The summed E-state index contributed by atoms with van der Waals surface area (Å²) >= 11 is 0. The Morgan fingerprint density at radius 1 is 1.04 bits per heavy atom. The van der Waals surface area contributed by atoms with Gasteiger partial charge in [0.1, 0.15) is 17.3 Å². The molecule has 3 aromatic rings. The van der Waals surface area contributed by atoms with Gasteiger partial charge in [-0.25, -0.2) is 13.3 Å². The van der Waals surface area contributed by atoms with Crippen LogP contribution in [0.5, 0.6) is 0 Å². The Balaban J connectivity index is 1.35. The van der Waals surface area contributed by atoms with Gasteiger partial charge in [0.25, 0.3) is 5.91 Å². The summed E-state index contributed by atoms with van der Waals surface area (Å²) in [5, 5.41) is 4.22. The zero-order chi connectivity index (χ0) is 18.8. The van der Waals surface area contributed by atoms with Crippen molar-refractivity contribution in [3.8, 4) is 0 Å². The normalized spacial score (nSPS) is 15.4. The van der Waals surface area contributed by atoms with Crippen molar-refractivity contribution in [1.82, 2.24) is 19.4 Å². The first-order valence-corrected chi connectivity index (χ1v) is 9.00. The second-order valence-electron chi connectivity index (χ2n) is 6.70. The van der Waals surface area contributed by atoms with Crippen molar-refractivity contribution in [1.29, 1.82) is 0 Å². The molecule has 3 heterocycles. The van der Waals surface area contributed by atoms with E-state index in [0.717, 1.165) is 24.7 Å². The number of piperazine rings is 1. The molecule has 1 aromatic carbocycles. The van der Waals surface area contributed by atoms with Gasteiger partial charge in [-0.3, -0.25) is 9.69 Å². The molecule has 2 aromatic heterocycles. The molecule has 1 fully saturated rings. The van der Waals surface area contributed by atoms with Crippen LogP contribution in [0.1, 0.15) is 16.1 Å². The van der Waals surface area contributed by atoms with E-state index in [9.17, 15) is 13.6 Å². The van der Waals surface area contributed by atoms with Crippen molar-refractivity contribution in [2.24, 2.45) is 0 Å². The number of hydrogen-bond donors (Lipinski definition) is 0. The highest BCUT2D eigenvalue weighted by Gasteiger charge is 2.23. The van der Waals surface area contributed by atoms with Crippen molar-refractivity contribution in [3.05, 3.63) is 71.6 Å². The molecule has 0 aliphatic carbocycles. The molecule has 0 spiro atoms. The number of rotatable bonds is 4. The molecule has 7 heteroatoms. The molecule has 0 atom stereocenters. The van der Waals surface area contributed by atoms with Crippen LogP contribution in [0, 0.1) is 11.6 Å². The van der Waals surface area contributed by atoms with E-state index in [0.29, 0.717) is 37.3 Å². The summed E-state index contributed by atoms with van der Waals surface area (Å²) in [7, 11) is 0. The summed E-state index contributed by atoms with van der Waals surface area (Å²) in [5.74, 6) is -1.10. The number of aromatic nitrogens is 2. The molecule has 1 aliphatic rings. The van der Waals surface area contributed by atoms with Gasteiger partial charge < -0.3 is 4.90 Å². The molecule has 5 nitrogen and oxygen atoms in total. The van der Waals surface area contributed by atoms with Gasteiger partial charge in [0.15, 0.2) is 0 Å². The molecule has 27 heavy (non-hydrogen) atoms. The standard InChI is InChI=1S/C20H20F2N4O/c21-16-5-4-15(18(22)14-16)7-9-24-10-12-25(13-11-24)20(27)19-3-1-2-17-6-8-23-26(17)19/h1-6,8,14H,7,9-13H2. The van der Waals surface area contributed by atoms with Crippen LogP contribution in [0.4, 0.5) is 8.78 Å². The lowest BCUT2D eigenvalue weighted by Crippen LogP contribution is -2.49. The third-order valence-electron chi connectivity index (χ3n) is 5.01. The molecule has 0 radical (unpaired) electrons. The van der Waals surface area contributed by atoms with Gasteiger partial charge in [-0.2, -0.15) is 5.10 Å².